The average molecular weight is 609 g/mol. The second kappa shape index (κ2) is 10.0. The van der Waals surface area contributed by atoms with E-state index in [0.717, 1.165) is 18.4 Å². The number of carbonyl (C=O) groups excluding carboxylic acids is 2. The molecule has 42 heavy (non-hydrogen) atoms. The van der Waals surface area contributed by atoms with Crippen molar-refractivity contribution in [2.45, 2.75) is 46.3 Å². The fraction of sp³-hybridized carbons (Fsp3) is 0.370. The van der Waals surface area contributed by atoms with Gasteiger partial charge in [0.2, 0.25) is 10.0 Å². The number of morpholine rings is 1. The third-order valence-corrected chi connectivity index (χ3v) is 8.02. The van der Waals surface area contributed by atoms with E-state index in [-0.39, 0.29) is 58.2 Å². The summed E-state index contributed by atoms with van der Waals surface area (Å²) in [7, 11) is -4.30. The van der Waals surface area contributed by atoms with Crippen molar-refractivity contribution < 1.29 is 45.2 Å². The first kappa shape index (κ1) is 29.4. The van der Waals surface area contributed by atoms with Crippen LogP contribution >= 0.6 is 0 Å². The maximum atomic E-state index is 14.0. The van der Waals surface area contributed by atoms with Gasteiger partial charge in [0.25, 0.3) is 11.8 Å². The van der Waals surface area contributed by atoms with E-state index in [0.29, 0.717) is 26.6 Å². The lowest BCUT2D eigenvalue weighted by atomic mass is 9.96. The Hall–Kier alpha value is -4.11. The van der Waals surface area contributed by atoms with Gasteiger partial charge in [0.15, 0.2) is 0 Å². The number of nitrogens with zero attached hydrogens (tertiary/aromatic N) is 3. The van der Waals surface area contributed by atoms with E-state index in [4.69, 9.17) is 15.0 Å². The first-order chi connectivity index (χ1) is 19.5. The van der Waals surface area contributed by atoms with E-state index < -0.39 is 33.9 Å². The SMILES string of the molecule is Cc1noc(C)c1-c1cc(C(N)=O)c2c(c1)c1c(C(=O)N3CC(C)OC(C)C3)cc(OC(F)(F)F)cc1n2S(C)(=O)=O. The Morgan fingerprint density at radius 3 is 2.24 bits per heavy atom. The zero-order valence-corrected chi connectivity index (χ0v) is 24.0. The summed E-state index contributed by atoms with van der Waals surface area (Å²) in [6, 6.07) is 4.68. The standard InChI is InChI=1S/C27H27F3N4O7S/c1-12-10-33(11-13(2)39-12)26(36)19-8-17(40-27(28,29)30)9-21-23(19)18-6-16(22-14(3)32-41-15(22)4)7-20(25(31)35)24(18)34(21)42(5,37)38/h6-9,12-13H,10-11H2,1-5H3,(H2,31,35). The van der Waals surface area contributed by atoms with Crippen LogP contribution < -0.4 is 10.5 Å². The van der Waals surface area contributed by atoms with Crippen LogP contribution in [-0.2, 0) is 14.8 Å². The minimum Gasteiger partial charge on any atom is -0.406 e. The summed E-state index contributed by atoms with van der Waals surface area (Å²) >= 11 is 0. The third-order valence-electron chi connectivity index (χ3n) is 6.98. The van der Waals surface area contributed by atoms with Crippen LogP contribution in [0.15, 0.2) is 28.8 Å². The number of fused-ring (bicyclic) bond motifs is 3. The number of aromatic nitrogens is 2. The Morgan fingerprint density at radius 1 is 1.07 bits per heavy atom. The lowest BCUT2D eigenvalue weighted by molar-refractivity contribution is -0.274. The van der Waals surface area contributed by atoms with Gasteiger partial charge in [-0.25, -0.2) is 12.4 Å². The molecule has 0 bridgehead atoms. The van der Waals surface area contributed by atoms with Crippen LogP contribution in [0.3, 0.4) is 0 Å². The molecule has 1 saturated heterocycles. The van der Waals surface area contributed by atoms with Crippen LogP contribution in [-0.4, -0.2) is 72.2 Å². The predicted octanol–water partition coefficient (Wildman–Crippen LogP) is 4.12. The molecule has 2 atom stereocenters. The smallest absolute Gasteiger partial charge is 0.406 e. The fourth-order valence-electron chi connectivity index (χ4n) is 5.66. The Bertz CT molecular complexity index is 1850. The molecular weight excluding hydrogens is 581 g/mol. The molecule has 2 aromatic carbocycles. The highest BCUT2D eigenvalue weighted by atomic mass is 32.2. The number of ether oxygens (including phenoxy) is 2. The summed E-state index contributed by atoms with van der Waals surface area (Å²) < 4.78 is 82.4. The third kappa shape index (κ3) is 5.17. The van der Waals surface area contributed by atoms with Gasteiger partial charge in [-0.3, -0.25) is 9.59 Å². The number of alkyl halides is 3. The van der Waals surface area contributed by atoms with Crippen molar-refractivity contribution in [2.24, 2.45) is 5.73 Å². The molecule has 2 unspecified atom stereocenters. The molecule has 1 aliphatic heterocycles. The Morgan fingerprint density at radius 2 is 1.71 bits per heavy atom. The molecule has 224 valence electrons. The second-order valence-electron chi connectivity index (χ2n) is 10.4. The number of carbonyl (C=O) groups is 2. The largest absolute Gasteiger partial charge is 0.573 e. The zero-order valence-electron chi connectivity index (χ0n) is 23.2. The molecule has 1 aliphatic rings. The molecule has 0 radical (unpaired) electrons. The van der Waals surface area contributed by atoms with Crippen molar-refractivity contribution in [3.8, 4) is 16.9 Å². The van der Waals surface area contributed by atoms with E-state index in [2.05, 4.69) is 9.89 Å². The normalized spacial score (nSPS) is 18.1. The number of nitrogens with two attached hydrogens (primary N) is 1. The van der Waals surface area contributed by atoms with Gasteiger partial charge in [-0.05, 0) is 51.5 Å². The lowest BCUT2D eigenvalue weighted by Crippen LogP contribution is -2.48. The zero-order chi connectivity index (χ0) is 30.9. The van der Waals surface area contributed by atoms with Crippen LogP contribution in [0.25, 0.3) is 32.9 Å². The van der Waals surface area contributed by atoms with Gasteiger partial charge in [0.1, 0.15) is 11.5 Å². The minimum atomic E-state index is -5.15. The number of halogens is 3. The van der Waals surface area contributed by atoms with Gasteiger partial charge in [-0.15, -0.1) is 13.2 Å². The van der Waals surface area contributed by atoms with Crippen molar-refractivity contribution in [3.05, 3.63) is 46.8 Å². The molecular formula is C27H27F3N4O7S. The highest BCUT2D eigenvalue weighted by Crippen LogP contribution is 2.42. The van der Waals surface area contributed by atoms with E-state index >= 15 is 0 Å². The molecule has 0 spiro atoms. The molecule has 5 rings (SSSR count). The van der Waals surface area contributed by atoms with Gasteiger partial charge in [-0.1, -0.05) is 5.16 Å². The van der Waals surface area contributed by atoms with E-state index in [9.17, 15) is 31.2 Å². The molecule has 2 N–H and O–H groups in total. The van der Waals surface area contributed by atoms with E-state index in [1.54, 1.807) is 27.7 Å². The van der Waals surface area contributed by atoms with Crippen LogP contribution in [0.4, 0.5) is 13.2 Å². The molecule has 11 nitrogen and oxygen atoms in total. The average Bonchev–Trinajstić information content (AvgIpc) is 3.36. The molecule has 4 aromatic rings. The summed E-state index contributed by atoms with van der Waals surface area (Å²) in [5.41, 5.74) is 6.06. The highest BCUT2D eigenvalue weighted by Gasteiger charge is 2.35. The summed E-state index contributed by atoms with van der Waals surface area (Å²) in [4.78, 5) is 28.2. The molecule has 15 heteroatoms. The second-order valence-corrected chi connectivity index (χ2v) is 12.2. The maximum absolute atomic E-state index is 14.0. The van der Waals surface area contributed by atoms with Crippen LogP contribution in [0.2, 0.25) is 0 Å². The molecule has 2 amide bonds. The Kier molecular flexibility index (Phi) is 7.01. The van der Waals surface area contributed by atoms with Crippen molar-refractivity contribution in [1.82, 2.24) is 14.0 Å². The van der Waals surface area contributed by atoms with Crippen LogP contribution in [0.1, 0.15) is 46.0 Å². The minimum absolute atomic E-state index is 0.00198. The topological polar surface area (TPSA) is 147 Å². The van der Waals surface area contributed by atoms with Crippen molar-refractivity contribution in [1.29, 1.82) is 0 Å². The van der Waals surface area contributed by atoms with Crippen molar-refractivity contribution in [2.75, 3.05) is 19.3 Å². The summed E-state index contributed by atoms with van der Waals surface area (Å²) in [6.45, 7) is 7.07. The number of benzene rings is 2. The quantitative estimate of drug-likeness (QED) is 0.356. The predicted molar refractivity (Wildman–Crippen MR) is 146 cm³/mol. The number of aryl methyl sites for hydroxylation is 2. The number of primary amides is 1. The molecule has 2 aromatic heterocycles. The molecule has 1 fully saturated rings. The lowest BCUT2D eigenvalue weighted by Gasteiger charge is -2.35. The fourth-order valence-corrected chi connectivity index (χ4v) is 6.69. The highest BCUT2D eigenvalue weighted by molar-refractivity contribution is 7.89. The van der Waals surface area contributed by atoms with Crippen molar-refractivity contribution >= 4 is 43.6 Å². The van der Waals surface area contributed by atoms with Gasteiger partial charge in [0, 0.05) is 35.5 Å². The summed E-state index contributed by atoms with van der Waals surface area (Å²) in [5, 5.41) is 4.03. The number of amides is 2. The van der Waals surface area contributed by atoms with E-state index in [1.165, 1.54) is 17.0 Å². The van der Waals surface area contributed by atoms with Gasteiger partial charge >= 0.3 is 6.36 Å². The van der Waals surface area contributed by atoms with Crippen LogP contribution in [0, 0.1) is 13.8 Å². The monoisotopic (exact) mass is 608 g/mol. The van der Waals surface area contributed by atoms with Gasteiger partial charge in [-0.2, -0.15) is 0 Å². The maximum Gasteiger partial charge on any atom is 0.573 e. The molecule has 0 saturated carbocycles. The molecule has 0 aliphatic carbocycles. The number of hydrogen-bond acceptors (Lipinski definition) is 8. The van der Waals surface area contributed by atoms with Gasteiger partial charge < -0.3 is 24.6 Å². The summed E-state index contributed by atoms with van der Waals surface area (Å²) in [6.07, 6.45) is -5.06. The van der Waals surface area contributed by atoms with Crippen LogP contribution in [0.5, 0.6) is 5.75 Å². The van der Waals surface area contributed by atoms with Gasteiger partial charge in [0.05, 0.1) is 46.3 Å². The Labute approximate surface area is 238 Å². The molecule has 3 heterocycles. The first-order valence-electron chi connectivity index (χ1n) is 12.8. The van der Waals surface area contributed by atoms with Crippen molar-refractivity contribution in [3.63, 3.8) is 0 Å². The number of rotatable bonds is 5. The number of hydrogen-bond donors (Lipinski definition) is 1. The van der Waals surface area contributed by atoms with E-state index in [1.807, 2.05) is 0 Å². The Balaban J connectivity index is 1.96. The first-order valence-corrected chi connectivity index (χ1v) is 14.6. The summed E-state index contributed by atoms with van der Waals surface area (Å²) in [5.74, 6) is -2.10.